The van der Waals surface area contributed by atoms with Gasteiger partial charge >= 0.3 is 11.7 Å². The topological polar surface area (TPSA) is 59.3 Å². The monoisotopic (exact) mass is 342 g/mol. The zero-order valence-electron chi connectivity index (χ0n) is 15.0. The second-order valence-electron chi connectivity index (χ2n) is 7.32. The Morgan fingerprint density at radius 1 is 1.20 bits per heavy atom. The Kier molecular flexibility index (Phi) is 3.95. The zero-order chi connectivity index (χ0) is 17.6. The van der Waals surface area contributed by atoms with Gasteiger partial charge in [-0.15, -0.1) is 0 Å². The summed E-state index contributed by atoms with van der Waals surface area (Å²) in [6.07, 6.45) is 4.63. The number of fused-ring (bicyclic) bond motifs is 2. The number of imidazole rings is 1. The maximum absolute atomic E-state index is 13.0. The Hall–Kier alpha value is -2.08. The van der Waals surface area contributed by atoms with Crippen molar-refractivity contribution in [1.29, 1.82) is 0 Å². The van der Waals surface area contributed by atoms with Gasteiger partial charge in [0.05, 0.1) is 11.0 Å². The van der Waals surface area contributed by atoms with Crippen LogP contribution in [0.5, 0.6) is 0 Å². The van der Waals surface area contributed by atoms with Crippen LogP contribution in [0.3, 0.4) is 0 Å². The van der Waals surface area contributed by atoms with E-state index in [0.717, 1.165) is 31.4 Å². The minimum absolute atomic E-state index is 0.0284. The van der Waals surface area contributed by atoms with Gasteiger partial charge in [0.15, 0.2) is 0 Å². The lowest BCUT2D eigenvalue weighted by molar-refractivity contribution is 0.147. The maximum Gasteiger partial charge on any atom is 0.337 e. The highest BCUT2D eigenvalue weighted by Gasteiger charge is 2.48. The van der Waals surface area contributed by atoms with Gasteiger partial charge in [-0.05, 0) is 64.8 Å². The van der Waals surface area contributed by atoms with Gasteiger partial charge in [-0.25, -0.2) is 14.2 Å². The standard InChI is InChI=1S/C19H26N4O2/c1-3-22-15-8-4-5-9-16(15)23(18(22)25)17(24)20-14(2)19-10-6-12-21(19)13-7-11-19/h4-5,8-9,14H,3,6-7,10-13H2,1-2H3,(H,20,24). The van der Waals surface area contributed by atoms with Crippen molar-refractivity contribution in [2.45, 2.75) is 57.7 Å². The summed E-state index contributed by atoms with van der Waals surface area (Å²) in [4.78, 5) is 28.2. The van der Waals surface area contributed by atoms with Crippen LogP contribution in [0.4, 0.5) is 4.79 Å². The first-order chi connectivity index (χ1) is 12.1. The molecule has 1 unspecified atom stereocenters. The lowest BCUT2D eigenvalue weighted by atomic mass is 9.87. The number of benzene rings is 1. The second kappa shape index (κ2) is 6.02. The van der Waals surface area contributed by atoms with Gasteiger partial charge in [-0.2, -0.15) is 0 Å². The molecule has 0 radical (unpaired) electrons. The van der Waals surface area contributed by atoms with Gasteiger partial charge in [0, 0.05) is 18.1 Å². The third-order valence-corrected chi connectivity index (χ3v) is 6.21. The first-order valence-corrected chi connectivity index (χ1v) is 9.34. The molecular weight excluding hydrogens is 316 g/mol. The molecule has 2 fully saturated rings. The third-order valence-electron chi connectivity index (χ3n) is 6.21. The summed E-state index contributed by atoms with van der Waals surface area (Å²) < 4.78 is 2.94. The van der Waals surface area contributed by atoms with Gasteiger partial charge < -0.3 is 5.32 Å². The zero-order valence-corrected chi connectivity index (χ0v) is 15.0. The van der Waals surface area contributed by atoms with E-state index in [4.69, 9.17) is 0 Å². The van der Waals surface area contributed by atoms with Crippen LogP contribution in [0.25, 0.3) is 11.0 Å². The van der Waals surface area contributed by atoms with E-state index in [1.165, 1.54) is 17.4 Å². The Morgan fingerprint density at radius 2 is 1.84 bits per heavy atom. The van der Waals surface area contributed by atoms with Crippen molar-refractivity contribution in [1.82, 2.24) is 19.4 Å². The van der Waals surface area contributed by atoms with Gasteiger partial charge in [0.1, 0.15) is 0 Å². The Morgan fingerprint density at radius 3 is 2.48 bits per heavy atom. The highest BCUT2D eigenvalue weighted by atomic mass is 16.2. The quantitative estimate of drug-likeness (QED) is 0.932. The molecule has 134 valence electrons. The van der Waals surface area contributed by atoms with E-state index in [2.05, 4.69) is 17.1 Å². The molecule has 2 saturated heterocycles. The van der Waals surface area contributed by atoms with E-state index in [1.54, 1.807) is 4.57 Å². The highest BCUT2D eigenvalue weighted by molar-refractivity contribution is 5.89. The number of hydrogen-bond donors (Lipinski definition) is 1. The molecule has 2 aliphatic rings. The number of para-hydroxylation sites is 2. The Bertz CT molecular complexity index is 856. The van der Waals surface area contributed by atoms with Crippen LogP contribution < -0.4 is 11.0 Å². The summed E-state index contributed by atoms with van der Waals surface area (Å²) in [6, 6.07) is 7.20. The summed E-state index contributed by atoms with van der Waals surface area (Å²) in [7, 11) is 0. The van der Waals surface area contributed by atoms with E-state index in [-0.39, 0.29) is 23.3 Å². The van der Waals surface area contributed by atoms with Gasteiger partial charge in [0.2, 0.25) is 0 Å². The van der Waals surface area contributed by atoms with Crippen molar-refractivity contribution in [3.05, 3.63) is 34.7 Å². The number of amides is 1. The molecule has 1 amide bonds. The van der Waals surface area contributed by atoms with Crippen molar-refractivity contribution in [2.75, 3.05) is 13.1 Å². The molecule has 3 heterocycles. The molecule has 0 bridgehead atoms. The lowest BCUT2D eigenvalue weighted by Crippen LogP contribution is -2.56. The smallest absolute Gasteiger partial charge is 0.333 e. The molecule has 1 aromatic carbocycles. The minimum Gasteiger partial charge on any atom is -0.333 e. The molecule has 6 heteroatoms. The number of carbonyl (C=O) groups excluding carboxylic acids is 1. The summed E-state index contributed by atoms with van der Waals surface area (Å²) in [5.41, 5.74) is 1.29. The van der Waals surface area contributed by atoms with Crippen LogP contribution in [0.2, 0.25) is 0 Å². The number of rotatable bonds is 3. The van der Waals surface area contributed by atoms with Gasteiger partial charge in [-0.1, -0.05) is 12.1 Å². The van der Waals surface area contributed by atoms with Gasteiger partial charge in [0.25, 0.3) is 0 Å². The number of aryl methyl sites for hydroxylation is 1. The fraction of sp³-hybridized carbons (Fsp3) is 0.579. The largest absolute Gasteiger partial charge is 0.337 e. The van der Waals surface area contributed by atoms with E-state index >= 15 is 0 Å². The van der Waals surface area contributed by atoms with E-state index in [1.807, 2.05) is 31.2 Å². The first kappa shape index (κ1) is 16.4. The van der Waals surface area contributed by atoms with Crippen molar-refractivity contribution in [3.8, 4) is 0 Å². The number of carbonyl (C=O) groups is 1. The molecule has 0 saturated carbocycles. The van der Waals surface area contributed by atoms with Crippen molar-refractivity contribution < 1.29 is 4.79 Å². The van der Waals surface area contributed by atoms with Gasteiger partial charge in [-0.3, -0.25) is 9.47 Å². The average Bonchev–Trinajstić information content (AvgIpc) is 3.24. The Labute approximate surface area is 147 Å². The van der Waals surface area contributed by atoms with Crippen molar-refractivity contribution in [2.24, 2.45) is 0 Å². The predicted molar refractivity (Wildman–Crippen MR) is 98.0 cm³/mol. The number of aromatic nitrogens is 2. The molecule has 0 spiro atoms. The van der Waals surface area contributed by atoms with Crippen LogP contribution in [-0.2, 0) is 6.54 Å². The Balaban J connectivity index is 1.67. The summed E-state index contributed by atoms with van der Waals surface area (Å²) in [6.45, 7) is 6.80. The van der Waals surface area contributed by atoms with E-state index < -0.39 is 0 Å². The van der Waals surface area contributed by atoms with E-state index in [9.17, 15) is 9.59 Å². The van der Waals surface area contributed by atoms with Crippen LogP contribution in [-0.4, -0.2) is 44.7 Å². The number of nitrogens with one attached hydrogen (secondary N) is 1. The van der Waals surface area contributed by atoms with Crippen molar-refractivity contribution >= 4 is 17.1 Å². The third kappa shape index (κ3) is 2.34. The fourth-order valence-electron chi connectivity index (χ4n) is 4.95. The average molecular weight is 342 g/mol. The number of nitrogens with zero attached hydrogens (tertiary/aromatic N) is 3. The molecule has 1 atom stereocenters. The molecule has 1 N–H and O–H groups in total. The molecule has 4 rings (SSSR count). The molecule has 6 nitrogen and oxygen atoms in total. The summed E-state index contributed by atoms with van der Waals surface area (Å²) in [5.74, 6) is 0. The fourth-order valence-corrected chi connectivity index (χ4v) is 4.95. The molecule has 2 aromatic rings. The van der Waals surface area contributed by atoms with Crippen LogP contribution >= 0.6 is 0 Å². The highest BCUT2D eigenvalue weighted by Crippen LogP contribution is 2.41. The predicted octanol–water partition coefficient (Wildman–Crippen LogP) is 2.40. The first-order valence-electron chi connectivity index (χ1n) is 9.34. The summed E-state index contributed by atoms with van der Waals surface area (Å²) in [5, 5.41) is 3.14. The van der Waals surface area contributed by atoms with Crippen molar-refractivity contribution in [3.63, 3.8) is 0 Å². The molecule has 25 heavy (non-hydrogen) atoms. The maximum atomic E-state index is 13.0. The molecular formula is C19H26N4O2. The normalized spacial score (nSPS) is 20.7. The molecule has 0 aliphatic carbocycles. The van der Waals surface area contributed by atoms with Crippen LogP contribution in [0, 0.1) is 0 Å². The second-order valence-corrected chi connectivity index (χ2v) is 7.32. The number of hydrogen-bond acceptors (Lipinski definition) is 3. The SMILES string of the molecule is CCn1c(=O)n(C(=O)NC(C)C23CCCN2CCC3)c2ccccc21. The molecule has 2 aliphatic heterocycles. The van der Waals surface area contributed by atoms with Crippen LogP contribution in [0.15, 0.2) is 29.1 Å². The summed E-state index contributed by atoms with van der Waals surface area (Å²) >= 11 is 0. The minimum atomic E-state index is -0.311. The van der Waals surface area contributed by atoms with Crippen LogP contribution in [0.1, 0.15) is 39.5 Å². The molecule has 1 aromatic heterocycles. The van der Waals surface area contributed by atoms with E-state index in [0.29, 0.717) is 12.1 Å². The lowest BCUT2D eigenvalue weighted by Gasteiger charge is -2.38.